The predicted molar refractivity (Wildman–Crippen MR) is 81.8 cm³/mol. The highest BCUT2D eigenvalue weighted by Crippen LogP contribution is 2.12. The minimum absolute atomic E-state index is 0.609. The molecule has 0 bridgehead atoms. The SMILES string of the molecule is C[Si](C)(C)O/N=C(\O[Si](C)(C)C)c1ccccc1. The van der Waals surface area contributed by atoms with Crippen LogP contribution in [0.25, 0.3) is 0 Å². The van der Waals surface area contributed by atoms with E-state index in [1.165, 1.54) is 0 Å². The third kappa shape index (κ3) is 6.02. The zero-order chi connectivity index (χ0) is 13.8. The van der Waals surface area contributed by atoms with Crippen molar-refractivity contribution in [2.24, 2.45) is 5.16 Å². The lowest BCUT2D eigenvalue weighted by atomic mass is 10.2. The van der Waals surface area contributed by atoms with Crippen LogP contribution in [0.3, 0.4) is 0 Å². The molecule has 0 atom stereocenters. The largest absolute Gasteiger partial charge is 0.529 e. The summed E-state index contributed by atoms with van der Waals surface area (Å²) >= 11 is 0. The van der Waals surface area contributed by atoms with E-state index < -0.39 is 16.6 Å². The van der Waals surface area contributed by atoms with E-state index in [-0.39, 0.29) is 0 Å². The van der Waals surface area contributed by atoms with E-state index >= 15 is 0 Å². The minimum Gasteiger partial charge on any atom is -0.529 e. The molecule has 3 nitrogen and oxygen atoms in total. The molecule has 1 aromatic carbocycles. The van der Waals surface area contributed by atoms with Crippen LogP contribution >= 0.6 is 0 Å². The Bertz CT molecular complexity index is 405. The van der Waals surface area contributed by atoms with Crippen LogP contribution in [0.5, 0.6) is 0 Å². The molecule has 0 saturated carbocycles. The summed E-state index contributed by atoms with van der Waals surface area (Å²) in [5, 5.41) is 4.24. The monoisotopic (exact) mass is 281 g/mol. The van der Waals surface area contributed by atoms with Crippen molar-refractivity contribution in [2.45, 2.75) is 39.3 Å². The first kappa shape index (κ1) is 15.0. The fourth-order valence-corrected chi connectivity index (χ4v) is 2.27. The molecule has 0 saturated heterocycles. The second kappa shape index (κ2) is 5.71. The first-order chi connectivity index (χ1) is 8.17. The van der Waals surface area contributed by atoms with Crippen LogP contribution < -0.4 is 0 Å². The van der Waals surface area contributed by atoms with Crippen LogP contribution in [0.1, 0.15) is 5.56 Å². The van der Waals surface area contributed by atoms with Gasteiger partial charge in [0.05, 0.1) is 0 Å². The number of rotatable bonds is 4. The van der Waals surface area contributed by atoms with Gasteiger partial charge in [-0.15, -0.1) is 0 Å². The summed E-state index contributed by atoms with van der Waals surface area (Å²) < 4.78 is 11.6. The van der Waals surface area contributed by atoms with Crippen LogP contribution in [-0.4, -0.2) is 22.5 Å². The number of oxime groups is 1. The van der Waals surface area contributed by atoms with Crippen molar-refractivity contribution in [2.75, 3.05) is 0 Å². The Kier molecular flexibility index (Phi) is 4.75. The molecule has 0 N–H and O–H groups in total. The molecule has 0 radical (unpaired) electrons. The van der Waals surface area contributed by atoms with Gasteiger partial charge in [0.1, 0.15) is 0 Å². The molecule has 0 aliphatic rings. The van der Waals surface area contributed by atoms with Gasteiger partial charge in [-0.1, -0.05) is 23.4 Å². The fourth-order valence-electron chi connectivity index (χ4n) is 1.18. The third-order valence-electron chi connectivity index (χ3n) is 1.83. The van der Waals surface area contributed by atoms with Gasteiger partial charge >= 0.3 is 0 Å². The zero-order valence-corrected chi connectivity index (χ0v) is 14.2. The van der Waals surface area contributed by atoms with Crippen LogP contribution in [0, 0.1) is 0 Å². The van der Waals surface area contributed by atoms with Crippen LogP contribution in [0.2, 0.25) is 39.3 Å². The summed E-state index contributed by atoms with van der Waals surface area (Å²) in [4.78, 5) is 0. The molecular weight excluding hydrogens is 258 g/mol. The van der Waals surface area contributed by atoms with Gasteiger partial charge in [0.2, 0.25) is 14.2 Å². The Morgan fingerprint density at radius 2 is 1.44 bits per heavy atom. The summed E-state index contributed by atoms with van der Waals surface area (Å²) in [7, 11) is -3.38. The maximum Gasteiger partial charge on any atom is 0.278 e. The molecule has 0 heterocycles. The maximum absolute atomic E-state index is 6.01. The topological polar surface area (TPSA) is 30.8 Å². The standard InChI is InChI=1S/C13H23NO2Si2/c1-17(2,3)15-13(14-16-18(4,5)6)12-10-8-7-9-11-12/h7-11H,1-6H3/b14-13-. The maximum atomic E-state index is 6.01. The summed E-state index contributed by atoms with van der Waals surface area (Å²) in [6.07, 6.45) is 0. The Morgan fingerprint density at radius 3 is 1.89 bits per heavy atom. The molecule has 5 heteroatoms. The molecule has 1 rings (SSSR count). The lowest BCUT2D eigenvalue weighted by molar-refractivity contribution is 0.320. The number of benzene rings is 1. The van der Waals surface area contributed by atoms with E-state index in [0.29, 0.717) is 5.90 Å². The number of hydrogen-bond acceptors (Lipinski definition) is 3. The van der Waals surface area contributed by atoms with Gasteiger partial charge in [0.25, 0.3) is 8.32 Å². The normalized spacial score (nSPS) is 13.3. The average molecular weight is 282 g/mol. The first-order valence-corrected chi connectivity index (χ1v) is 13.0. The van der Waals surface area contributed by atoms with Crippen molar-refractivity contribution in [3.8, 4) is 0 Å². The summed E-state index contributed by atoms with van der Waals surface area (Å²) in [5.41, 5.74) is 0.971. The fraction of sp³-hybridized carbons (Fsp3) is 0.462. The summed E-state index contributed by atoms with van der Waals surface area (Å²) in [5.74, 6) is 0.609. The highest BCUT2D eigenvalue weighted by atomic mass is 28.4. The Balaban J connectivity index is 2.96. The van der Waals surface area contributed by atoms with Gasteiger partial charge in [0, 0.05) is 5.56 Å². The number of nitrogens with zero attached hydrogens (tertiary/aromatic N) is 1. The molecule has 1 aromatic rings. The minimum atomic E-state index is -1.69. The first-order valence-electron chi connectivity index (χ1n) is 6.18. The highest BCUT2D eigenvalue weighted by Gasteiger charge is 2.22. The third-order valence-corrected chi connectivity index (χ3v) is 3.27. The van der Waals surface area contributed by atoms with E-state index in [1.54, 1.807) is 0 Å². The van der Waals surface area contributed by atoms with Gasteiger partial charge in [-0.3, -0.25) is 0 Å². The second-order valence-electron chi connectivity index (χ2n) is 6.18. The summed E-state index contributed by atoms with van der Waals surface area (Å²) in [6, 6.07) is 9.92. The Hall–Kier alpha value is -1.08. The van der Waals surface area contributed by atoms with Crippen LogP contribution in [-0.2, 0) is 8.95 Å². The van der Waals surface area contributed by atoms with E-state index in [1.807, 2.05) is 30.3 Å². The quantitative estimate of drug-likeness (QED) is 0.361. The van der Waals surface area contributed by atoms with Gasteiger partial charge in [-0.05, 0) is 51.4 Å². The molecule has 0 unspecified atom stereocenters. The van der Waals surface area contributed by atoms with E-state index in [9.17, 15) is 0 Å². The number of hydrogen-bond donors (Lipinski definition) is 0. The van der Waals surface area contributed by atoms with Crippen LogP contribution in [0.15, 0.2) is 35.5 Å². The molecule has 0 amide bonds. The van der Waals surface area contributed by atoms with Gasteiger partial charge in [-0.25, -0.2) is 0 Å². The molecule has 0 aliphatic carbocycles. The van der Waals surface area contributed by atoms with Gasteiger partial charge < -0.3 is 8.95 Å². The predicted octanol–water partition coefficient (Wildman–Crippen LogP) is 4.05. The van der Waals surface area contributed by atoms with Gasteiger partial charge in [0.15, 0.2) is 0 Å². The van der Waals surface area contributed by atoms with Gasteiger partial charge in [-0.2, -0.15) is 0 Å². The molecular formula is C13H23NO2Si2. The average Bonchev–Trinajstić information content (AvgIpc) is 2.23. The Morgan fingerprint density at radius 1 is 0.889 bits per heavy atom. The zero-order valence-electron chi connectivity index (χ0n) is 12.2. The molecule has 0 spiro atoms. The lowest BCUT2D eigenvalue weighted by Crippen LogP contribution is -2.31. The molecule has 0 aromatic heterocycles. The van der Waals surface area contributed by atoms with E-state index in [2.05, 4.69) is 44.4 Å². The smallest absolute Gasteiger partial charge is 0.278 e. The second-order valence-corrected chi connectivity index (χ2v) is 15.0. The highest BCUT2D eigenvalue weighted by molar-refractivity contribution is 6.71. The van der Waals surface area contributed by atoms with Crippen LogP contribution in [0.4, 0.5) is 0 Å². The molecule has 0 fully saturated rings. The van der Waals surface area contributed by atoms with Crippen molar-refractivity contribution in [3.05, 3.63) is 35.9 Å². The molecule has 18 heavy (non-hydrogen) atoms. The van der Waals surface area contributed by atoms with Crippen molar-refractivity contribution < 1.29 is 8.95 Å². The Labute approximate surface area is 112 Å². The van der Waals surface area contributed by atoms with Crippen molar-refractivity contribution in [3.63, 3.8) is 0 Å². The lowest BCUT2D eigenvalue weighted by Gasteiger charge is -2.22. The van der Waals surface area contributed by atoms with Crippen molar-refractivity contribution in [1.29, 1.82) is 0 Å². The van der Waals surface area contributed by atoms with E-state index in [0.717, 1.165) is 5.56 Å². The van der Waals surface area contributed by atoms with E-state index in [4.69, 9.17) is 8.95 Å². The van der Waals surface area contributed by atoms with Crippen molar-refractivity contribution >= 4 is 22.5 Å². The van der Waals surface area contributed by atoms with Crippen molar-refractivity contribution in [1.82, 2.24) is 0 Å². The molecule has 0 aliphatic heterocycles. The molecule has 100 valence electrons. The summed E-state index contributed by atoms with van der Waals surface area (Å²) in [6.45, 7) is 12.7.